The first-order valence-corrected chi connectivity index (χ1v) is 5.76. The zero-order valence-corrected chi connectivity index (χ0v) is 11.5. The first-order chi connectivity index (χ1) is 7.05. The van der Waals surface area contributed by atoms with E-state index in [9.17, 15) is 4.79 Å². The number of carbonyl (C=O) groups is 1. The Kier molecular flexibility index (Phi) is 3.06. The van der Waals surface area contributed by atoms with Crippen LogP contribution in [0.3, 0.4) is 0 Å². The third-order valence-electron chi connectivity index (χ3n) is 2.78. The van der Waals surface area contributed by atoms with E-state index in [0.29, 0.717) is 0 Å². The summed E-state index contributed by atoms with van der Waals surface area (Å²) in [5.41, 5.74) is 1.67. The van der Waals surface area contributed by atoms with Gasteiger partial charge in [-0.25, -0.2) is 0 Å². The summed E-state index contributed by atoms with van der Waals surface area (Å²) in [6.07, 6.45) is 1.97. The van der Waals surface area contributed by atoms with Crippen LogP contribution in [0.1, 0.15) is 57.6 Å². The van der Waals surface area contributed by atoms with E-state index >= 15 is 0 Å². The van der Waals surface area contributed by atoms with Gasteiger partial charge in [-0.15, -0.1) is 0 Å². The lowest BCUT2D eigenvalue weighted by Gasteiger charge is -2.24. The van der Waals surface area contributed by atoms with Gasteiger partial charge in [0, 0.05) is 18.7 Å². The van der Waals surface area contributed by atoms with E-state index in [1.807, 2.05) is 38.6 Å². The van der Waals surface area contributed by atoms with E-state index < -0.39 is 0 Å². The summed E-state index contributed by atoms with van der Waals surface area (Å²) >= 11 is 0. The smallest absolute Gasteiger partial charge is 0.184 e. The number of nitrogens with zero attached hydrogens (tertiary/aromatic N) is 1. The Morgan fingerprint density at radius 1 is 1.12 bits per heavy atom. The van der Waals surface area contributed by atoms with Crippen LogP contribution in [0.4, 0.5) is 0 Å². The second-order valence-electron chi connectivity index (χ2n) is 6.52. The molecule has 0 amide bonds. The largest absolute Gasteiger partial charge is 0.348 e. The first kappa shape index (κ1) is 13.0. The molecule has 1 rings (SSSR count). The van der Waals surface area contributed by atoms with Crippen molar-refractivity contribution < 1.29 is 4.79 Å². The molecule has 0 aromatic carbocycles. The second kappa shape index (κ2) is 3.76. The number of hydrogen-bond donors (Lipinski definition) is 0. The number of aryl methyl sites for hydroxylation is 1. The fourth-order valence-corrected chi connectivity index (χ4v) is 1.77. The normalized spacial score (nSPS) is 12.9. The van der Waals surface area contributed by atoms with Crippen molar-refractivity contribution in [3.63, 3.8) is 0 Å². The number of aromatic nitrogens is 1. The Morgan fingerprint density at radius 2 is 1.62 bits per heavy atom. The third kappa shape index (κ3) is 2.37. The molecule has 0 aliphatic carbocycles. The summed E-state index contributed by atoms with van der Waals surface area (Å²) in [6.45, 7) is 12.3. The Morgan fingerprint density at radius 3 is 2.00 bits per heavy atom. The predicted octanol–water partition coefficient (Wildman–Crippen LogP) is 3.55. The van der Waals surface area contributed by atoms with Crippen molar-refractivity contribution in [1.29, 1.82) is 0 Å². The van der Waals surface area contributed by atoms with Crippen LogP contribution in [0.25, 0.3) is 0 Å². The standard InChI is InChI=1S/C14H23NO/c1-13(2,3)10-8-9-15(7)11(10)12(16)14(4,5)6/h8-9H,1-7H3. The average molecular weight is 221 g/mol. The molecule has 1 aromatic rings. The van der Waals surface area contributed by atoms with Crippen molar-refractivity contribution in [2.24, 2.45) is 12.5 Å². The van der Waals surface area contributed by atoms with Gasteiger partial charge in [-0.05, 0) is 17.0 Å². The second-order valence-corrected chi connectivity index (χ2v) is 6.52. The van der Waals surface area contributed by atoms with E-state index in [4.69, 9.17) is 0 Å². The molecule has 1 aromatic heterocycles. The molecule has 0 fully saturated rings. The molecule has 2 nitrogen and oxygen atoms in total. The van der Waals surface area contributed by atoms with Gasteiger partial charge in [-0.1, -0.05) is 41.5 Å². The third-order valence-corrected chi connectivity index (χ3v) is 2.78. The number of Topliss-reactive ketones (excluding diaryl/α,β-unsaturated/α-hetero) is 1. The average Bonchev–Trinajstić information content (AvgIpc) is 2.43. The predicted molar refractivity (Wildman–Crippen MR) is 67.9 cm³/mol. The highest BCUT2D eigenvalue weighted by Gasteiger charge is 2.30. The zero-order chi connectivity index (χ0) is 12.7. The highest BCUT2D eigenvalue weighted by Crippen LogP contribution is 2.31. The minimum Gasteiger partial charge on any atom is -0.348 e. The number of carbonyl (C=O) groups excluding carboxylic acids is 1. The monoisotopic (exact) mass is 221 g/mol. The van der Waals surface area contributed by atoms with Crippen LogP contribution >= 0.6 is 0 Å². The molecule has 0 aliphatic rings. The van der Waals surface area contributed by atoms with Gasteiger partial charge >= 0.3 is 0 Å². The Labute approximate surface area is 98.7 Å². The highest BCUT2D eigenvalue weighted by atomic mass is 16.1. The highest BCUT2D eigenvalue weighted by molar-refractivity contribution is 6.00. The van der Waals surface area contributed by atoms with Gasteiger partial charge in [-0.3, -0.25) is 4.79 Å². The van der Waals surface area contributed by atoms with Crippen molar-refractivity contribution in [1.82, 2.24) is 4.57 Å². The summed E-state index contributed by atoms with van der Waals surface area (Å²) in [5, 5.41) is 0. The fraction of sp³-hybridized carbons (Fsp3) is 0.643. The molecule has 0 unspecified atom stereocenters. The summed E-state index contributed by atoms with van der Waals surface area (Å²) < 4.78 is 1.94. The molecule has 0 saturated carbocycles. The van der Waals surface area contributed by atoms with Crippen LogP contribution in [0.2, 0.25) is 0 Å². The number of ketones is 1. The van der Waals surface area contributed by atoms with E-state index in [1.54, 1.807) is 0 Å². The minimum atomic E-state index is -0.327. The summed E-state index contributed by atoms with van der Waals surface area (Å²) in [4.78, 5) is 12.4. The van der Waals surface area contributed by atoms with E-state index in [0.717, 1.165) is 11.3 Å². The molecule has 0 spiro atoms. The molecule has 90 valence electrons. The maximum absolute atomic E-state index is 12.4. The van der Waals surface area contributed by atoms with Gasteiger partial charge in [0.15, 0.2) is 5.78 Å². The molecule has 0 atom stereocenters. The van der Waals surface area contributed by atoms with Crippen molar-refractivity contribution >= 4 is 5.78 Å². The van der Waals surface area contributed by atoms with Crippen LogP contribution in [0, 0.1) is 5.41 Å². The van der Waals surface area contributed by atoms with Crippen LogP contribution in [0.15, 0.2) is 12.3 Å². The van der Waals surface area contributed by atoms with E-state index in [1.165, 1.54) is 0 Å². The summed E-state index contributed by atoms with van der Waals surface area (Å²) in [5.74, 6) is 0.213. The van der Waals surface area contributed by atoms with E-state index in [-0.39, 0.29) is 16.6 Å². The topological polar surface area (TPSA) is 22.0 Å². The molecule has 0 saturated heterocycles. The molecular formula is C14H23NO. The van der Waals surface area contributed by atoms with Crippen molar-refractivity contribution in [2.45, 2.75) is 47.0 Å². The van der Waals surface area contributed by atoms with Gasteiger partial charge in [0.05, 0.1) is 5.69 Å². The fourth-order valence-electron chi connectivity index (χ4n) is 1.77. The molecule has 16 heavy (non-hydrogen) atoms. The lowest BCUT2D eigenvalue weighted by Crippen LogP contribution is -2.26. The van der Waals surface area contributed by atoms with Crippen LogP contribution < -0.4 is 0 Å². The molecule has 0 radical (unpaired) electrons. The van der Waals surface area contributed by atoms with Gasteiger partial charge in [-0.2, -0.15) is 0 Å². The maximum Gasteiger partial charge on any atom is 0.184 e. The van der Waals surface area contributed by atoms with Gasteiger partial charge in [0.2, 0.25) is 0 Å². The van der Waals surface area contributed by atoms with Crippen molar-refractivity contribution in [3.05, 3.63) is 23.5 Å². The van der Waals surface area contributed by atoms with Crippen LogP contribution in [-0.4, -0.2) is 10.4 Å². The van der Waals surface area contributed by atoms with Gasteiger partial charge < -0.3 is 4.57 Å². The molecule has 0 bridgehead atoms. The Balaban J connectivity index is 3.34. The molecule has 1 heterocycles. The lowest BCUT2D eigenvalue weighted by atomic mass is 9.81. The molecule has 0 aliphatic heterocycles. The molecule has 2 heteroatoms. The summed E-state index contributed by atoms with van der Waals surface area (Å²) in [6, 6.07) is 2.05. The number of hydrogen-bond acceptors (Lipinski definition) is 1. The van der Waals surface area contributed by atoms with Crippen LogP contribution in [0.5, 0.6) is 0 Å². The van der Waals surface area contributed by atoms with E-state index in [2.05, 4.69) is 26.8 Å². The minimum absolute atomic E-state index is 0.0114. The Bertz CT molecular complexity index is 399. The van der Waals surface area contributed by atoms with Crippen LogP contribution in [-0.2, 0) is 12.5 Å². The number of rotatable bonds is 1. The van der Waals surface area contributed by atoms with Crippen molar-refractivity contribution in [3.8, 4) is 0 Å². The molecule has 0 N–H and O–H groups in total. The van der Waals surface area contributed by atoms with Gasteiger partial charge in [0.25, 0.3) is 0 Å². The molecular weight excluding hydrogens is 198 g/mol. The lowest BCUT2D eigenvalue weighted by molar-refractivity contribution is 0.0847. The Hall–Kier alpha value is -1.05. The van der Waals surface area contributed by atoms with Crippen molar-refractivity contribution in [2.75, 3.05) is 0 Å². The summed E-state index contributed by atoms with van der Waals surface area (Å²) in [7, 11) is 1.94. The van der Waals surface area contributed by atoms with Gasteiger partial charge in [0.1, 0.15) is 0 Å². The zero-order valence-electron chi connectivity index (χ0n) is 11.5. The SMILES string of the molecule is Cn1ccc(C(C)(C)C)c1C(=O)C(C)(C)C. The quantitative estimate of drug-likeness (QED) is 0.665. The first-order valence-electron chi connectivity index (χ1n) is 5.76. The maximum atomic E-state index is 12.4.